The predicted octanol–water partition coefficient (Wildman–Crippen LogP) is -0.0194. The van der Waals surface area contributed by atoms with Crippen molar-refractivity contribution in [1.82, 2.24) is 24.9 Å². The van der Waals surface area contributed by atoms with Gasteiger partial charge in [-0.2, -0.15) is 15.0 Å². The third kappa shape index (κ3) is 3.51. The molecule has 1 fully saturated rings. The molecule has 7 nitrogen and oxygen atoms in total. The first-order valence-corrected chi connectivity index (χ1v) is 6.38. The van der Waals surface area contributed by atoms with Crippen LogP contribution in [0.3, 0.4) is 0 Å². The summed E-state index contributed by atoms with van der Waals surface area (Å²) in [6.07, 6.45) is 1.82. The van der Waals surface area contributed by atoms with Gasteiger partial charge in [0.25, 0.3) is 0 Å². The zero-order chi connectivity index (χ0) is 13.0. The van der Waals surface area contributed by atoms with Crippen LogP contribution in [0.4, 0.5) is 11.9 Å². The van der Waals surface area contributed by atoms with Gasteiger partial charge in [0.1, 0.15) is 5.82 Å². The Morgan fingerprint density at radius 3 is 2.56 bits per heavy atom. The average Bonchev–Trinajstić information content (AvgIpc) is 2.32. The summed E-state index contributed by atoms with van der Waals surface area (Å²) in [5.41, 5.74) is 8.89. The Hall–Kier alpha value is -1.47. The number of hydrogen-bond donors (Lipinski definition) is 2. The molecule has 0 radical (unpaired) electrons. The Balaban J connectivity index is 2.00. The number of hydrogen-bond acceptors (Lipinski definition) is 7. The van der Waals surface area contributed by atoms with Crippen molar-refractivity contribution < 1.29 is 0 Å². The van der Waals surface area contributed by atoms with Crippen LogP contribution in [0.5, 0.6) is 0 Å². The highest BCUT2D eigenvalue weighted by atomic mass is 15.6. The van der Waals surface area contributed by atoms with Crippen molar-refractivity contribution in [2.24, 2.45) is 0 Å². The van der Waals surface area contributed by atoms with Crippen molar-refractivity contribution in [2.45, 2.75) is 19.8 Å². The van der Waals surface area contributed by atoms with E-state index in [4.69, 9.17) is 5.73 Å². The van der Waals surface area contributed by atoms with Crippen LogP contribution in [-0.2, 0) is 6.42 Å². The number of aryl methyl sites for hydroxylation is 1. The molecule has 1 saturated heterocycles. The fourth-order valence-electron chi connectivity index (χ4n) is 1.88. The first-order chi connectivity index (χ1) is 8.67. The molecule has 0 atom stereocenters. The summed E-state index contributed by atoms with van der Waals surface area (Å²) >= 11 is 0. The minimum Gasteiger partial charge on any atom is -0.368 e. The number of nitrogens with two attached hydrogens (primary N) is 1. The third-order valence-corrected chi connectivity index (χ3v) is 2.93. The number of likely N-dealkylation sites (N-methyl/N-ethyl adjacent to an activating group) is 1. The van der Waals surface area contributed by atoms with Crippen molar-refractivity contribution in [2.75, 3.05) is 44.4 Å². The largest absolute Gasteiger partial charge is 0.368 e. The summed E-state index contributed by atoms with van der Waals surface area (Å²) in [6, 6.07) is 0. The third-order valence-electron chi connectivity index (χ3n) is 2.93. The first kappa shape index (κ1) is 13.0. The fourth-order valence-corrected chi connectivity index (χ4v) is 1.88. The van der Waals surface area contributed by atoms with E-state index in [1.165, 1.54) is 0 Å². The van der Waals surface area contributed by atoms with Gasteiger partial charge >= 0.3 is 0 Å². The number of hydrazine groups is 1. The van der Waals surface area contributed by atoms with E-state index in [9.17, 15) is 0 Å². The predicted molar refractivity (Wildman–Crippen MR) is 70.9 cm³/mol. The van der Waals surface area contributed by atoms with Crippen LogP contribution < -0.4 is 11.2 Å². The van der Waals surface area contributed by atoms with Crippen LogP contribution in [0.25, 0.3) is 0 Å². The number of anilines is 2. The smallest absolute Gasteiger partial charge is 0.242 e. The molecule has 0 bridgehead atoms. The van der Waals surface area contributed by atoms with Gasteiger partial charge in [0, 0.05) is 32.6 Å². The Bertz CT molecular complexity index is 387. The standard InChI is InChI=1S/C11H21N7/c1-3-4-9-13-10(12)15-11(14-9)16-18-7-5-17(2)6-8-18/h3-8H2,1-2H3,(H3,12,13,14,15,16). The lowest BCUT2D eigenvalue weighted by molar-refractivity contribution is 0.178. The van der Waals surface area contributed by atoms with Crippen molar-refractivity contribution in [1.29, 1.82) is 0 Å². The van der Waals surface area contributed by atoms with Crippen molar-refractivity contribution in [3.8, 4) is 0 Å². The molecule has 1 aliphatic rings. The molecule has 100 valence electrons. The molecule has 0 aromatic carbocycles. The molecular weight excluding hydrogens is 230 g/mol. The van der Waals surface area contributed by atoms with Crippen LogP contribution in [0, 0.1) is 0 Å². The van der Waals surface area contributed by atoms with E-state index in [0.29, 0.717) is 5.95 Å². The van der Waals surface area contributed by atoms with Gasteiger partial charge < -0.3 is 10.6 Å². The summed E-state index contributed by atoms with van der Waals surface area (Å²) in [4.78, 5) is 14.9. The van der Waals surface area contributed by atoms with Gasteiger partial charge in [-0.25, -0.2) is 5.01 Å². The maximum Gasteiger partial charge on any atom is 0.242 e. The van der Waals surface area contributed by atoms with E-state index >= 15 is 0 Å². The Morgan fingerprint density at radius 2 is 1.89 bits per heavy atom. The van der Waals surface area contributed by atoms with Gasteiger partial charge in [-0.3, -0.25) is 5.43 Å². The van der Waals surface area contributed by atoms with E-state index in [2.05, 4.69) is 44.3 Å². The average molecular weight is 251 g/mol. The van der Waals surface area contributed by atoms with E-state index in [-0.39, 0.29) is 5.95 Å². The first-order valence-electron chi connectivity index (χ1n) is 6.38. The monoisotopic (exact) mass is 251 g/mol. The van der Waals surface area contributed by atoms with Crippen LogP contribution >= 0.6 is 0 Å². The van der Waals surface area contributed by atoms with Crippen molar-refractivity contribution >= 4 is 11.9 Å². The van der Waals surface area contributed by atoms with Gasteiger partial charge in [-0.15, -0.1) is 0 Å². The second-order valence-electron chi connectivity index (χ2n) is 4.59. The molecule has 1 aromatic rings. The molecular formula is C11H21N7. The Morgan fingerprint density at radius 1 is 1.17 bits per heavy atom. The number of nitrogens with zero attached hydrogens (tertiary/aromatic N) is 5. The number of rotatable bonds is 4. The molecule has 1 aromatic heterocycles. The topological polar surface area (TPSA) is 83.2 Å². The summed E-state index contributed by atoms with van der Waals surface area (Å²) in [6.45, 7) is 6.06. The van der Waals surface area contributed by atoms with Gasteiger partial charge in [0.05, 0.1) is 0 Å². The summed E-state index contributed by atoms with van der Waals surface area (Å²) in [7, 11) is 2.12. The highest BCUT2D eigenvalue weighted by Gasteiger charge is 2.15. The molecule has 1 aliphatic heterocycles. The zero-order valence-corrected chi connectivity index (χ0v) is 11.1. The number of aromatic nitrogens is 3. The fraction of sp³-hybridized carbons (Fsp3) is 0.727. The van der Waals surface area contributed by atoms with Gasteiger partial charge in [-0.1, -0.05) is 6.92 Å². The van der Waals surface area contributed by atoms with Crippen LogP contribution in [-0.4, -0.2) is 58.1 Å². The molecule has 0 saturated carbocycles. The molecule has 0 aliphatic carbocycles. The van der Waals surface area contributed by atoms with E-state index in [1.54, 1.807) is 0 Å². The van der Waals surface area contributed by atoms with Crippen molar-refractivity contribution in [3.63, 3.8) is 0 Å². The molecule has 0 spiro atoms. The molecule has 2 heterocycles. The van der Waals surface area contributed by atoms with Gasteiger partial charge in [-0.05, 0) is 13.5 Å². The highest BCUT2D eigenvalue weighted by Crippen LogP contribution is 2.07. The highest BCUT2D eigenvalue weighted by molar-refractivity contribution is 5.30. The SMILES string of the molecule is CCCc1nc(N)nc(NN2CCN(C)CC2)n1. The lowest BCUT2D eigenvalue weighted by Gasteiger charge is -2.32. The Labute approximate surface area is 107 Å². The van der Waals surface area contributed by atoms with Gasteiger partial charge in [0.2, 0.25) is 11.9 Å². The summed E-state index contributed by atoms with van der Waals surface area (Å²) in [5.74, 6) is 1.59. The normalized spacial score (nSPS) is 17.9. The summed E-state index contributed by atoms with van der Waals surface area (Å²) in [5, 5.41) is 2.12. The quantitative estimate of drug-likeness (QED) is 0.778. The maximum absolute atomic E-state index is 5.69. The lowest BCUT2D eigenvalue weighted by atomic mass is 10.3. The lowest BCUT2D eigenvalue weighted by Crippen LogP contribution is -2.47. The second-order valence-corrected chi connectivity index (χ2v) is 4.59. The molecule has 0 unspecified atom stereocenters. The molecule has 0 amide bonds. The molecule has 2 rings (SSSR count). The molecule has 18 heavy (non-hydrogen) atoms. The number of piperazine rings is 1. The number of nitrogen functional groups attached to an aromatic ring is 1. The van der Waals surface area contributed by atoms with Crippen molar-refractivity contribution in [3.05, 3.63) is 5.82 Å². The van der Waals surface area contributed by atoms with Crippen LogP contribution in [0.15, 0.2) is 0 Å². The molecule has 3 N–H and O–H groups in total. The van der Waals surface area contributed by atoms with Gasteiger partial charge in [0.15, 0.2) is 0 Å². The van der Waals surface area contributed by atoms with Crippen LogP contribution in [0.2, 0.25) is 0 Å². The van der Waals surface area contributed by atoms with E-state index in [1.807, 2.05) is 0 Å². The second kappa shape index (κ2) is 5.92. The Kier molecular flexibility index (Phi) is 4.27. The summed E-state index contributed by atoms with van der Waals surface area (Å²) < 4.78 is 0. The minimum atomic E-state index is 0.282. The van der Waals surface area contributed by atoms with E-state index < -0.39 is 0 Å². The molecule has 7 heteroatoms. The van der Waals surface area contributed by atoms with E-state index in [0.717, 1.165) is 44.8 Å². The minimum absolute atomic E-state index is 0.282. The van der Waals surface area contributed by atoms with Crippen LogP contribution in [0.1, 0.15) is 19.2 Å². The maximum atomic E-state index is 5.69. The number of nitrogens with one attached hydrogen (secondary N) is 1. The zero-order valence-electron chi connectivity index (χ0n) is 11.1.